The lowest BCUT2D eigenvalue weighted by Crippen LogP contribution is -2.35. The maximum Gasteiger partial charge on any atom is 0.0634 e. The summed E-state index contributed by atoms with van der Waals surface area (Å²) >= 11 is 0. The van der Waals surface area contributed by atoms with Crippen LogP contribution >= 0.6 is 0 Å². The van der Waals surface area contributed by atoms with Crippen LogP contribution in [0.15, 0.2) is 36.5 Å². The molecule has 0 saturated carbocycles. The minimum Gasteiger partial charge on any atom is -0.330 e. The number of aryl methyl sites for hydroxylation is 1. The lowest BCUT2D eigenvalue weighted by atomic mass is 9.78. The van der Waals surface area contributed by atoms with Gasteiger partial charge in [-0.05, 0) is 43.9 Å². The van der Waals surface area contributed by atoms with E-state index < -0.39 is 0 Å². The van der Waals surface area contributed by atoms with Gasteiger partial charge in [-0.2, -0.15) is 5.10 Å². The number of hydrogen-bond donors (Lipinski definition) is 1. The molecule has 106 valence electrons. The molecule has 2 aromatic rings. The zero-order valence-corrected chi connectivity index (χ0v) is 12.3. The maximum absolute atomic E-state index is 6.16. The van der Waals surface area contributed by atoms with E-state index in [1.165, 1.54) is 11.1 Å². The molecule has 0 saturated heterocycles. The van der Waals surface area contributed by atoms with Crippen molar-refractivity contribution >= 4 is 0 Å². The number of rotatable bonds is 4. The molecular formula is C17H23N3. The number of hydrogen-bond acceptors (Lipinski definition) is 2. The van der Waals surface area contributed by atoms with Crippen molar-refractivity contribution in [1.29, 1.82) is 0 Å². The zero-order chi connectivity index (χ0) is 14.2. The van der Waals surface area contributed by atoms with Crippen molar-refractivity contribution in [1.82, 2.24) is 9.78 Å². The highest BCUT2D eigenvalue weighted by Gasteiger charge is 2.37. The summed E-state index contributed by atoms with van der Waals surface area (Å²) in [4.78, 5) is 0. The Morgan fingerprint density at radius 1 is 1.30 bits per heavy atom. The Morgan fingerprint density at radius 2 is 2.10 bits per heavy atom. The molecule has 1 aromatic heterocycles. The van der Waals surface area contributed by atoms with Gasteiger partial charge in [-0.3, -0.25) is 4.68 Å². The van der Waals surface area contributed by atoms with Crippen molar-refractivity contribution in [3.8, 4) is 0 Å². The number of fused-ring (bicyclic) bond motifs is 1. The summed E-state index contributed by atoms with van der Waals surface area (Å²) in [5.74, 6) is 0. The molecule has 3 rings (SSSR count). The van der Waals surface area contributed by atoms with E-state index in [0.29, 0.717) is 12.6 Å². The summed E-state index contributed by atoms with van der Waals surface area (Å²) < 4.78 is 2.03. The first-order valence-corrected chi connectivity index (χ1v) is 7.47. The number of benzene rings is 1. The van der Waals surface area contributed by atoms with Crippen LogP contribution in [0.3, 0.4) is 0 Å². The molecule has 0 spiro atoms. The van der Waals surface area contributed by atoms with Crippen molar-refractivity contribution < 1.29 is 0 Å². The Kier molecular flexibility index (Phi) is 3.38. The third-order valence-electron chi connectivity index (χ3n) is 4.56. The Balaban J connectivity index is 1.91. The second-order valence-electron chi connectivity index (χ2n) is 6.20. The fourth-order valence-electron chi connectivity index (χ4n) is 3.34. The monoisotopic (exact) mass is 269 g/mol. The van der Waals surface area contributed by atoms with E-state index in [4.69, 9.17) is 10.8 Å². The standard InChI is InChI=1S/C17H23N3/c1-13(2)20-10-8-15(19-20)11-17(12-18)9-7-14-5-3-4-6-16(14)17/h3-6,8,10,13H,7,9,11-12,18H2,1-2H3. The van der Waals surface area contributed by atoms with E-state index in [0.717, 1.165) is 25.0 Å². The minimum atomic E-state index is 0.0761. The molecule has 0 bridgehead atoms. The van der Waals surface area contributed by atoms with E-state index in [1.807, 2.05) is 4.68 Å². The van der Waals surface area contributed by atoms with Gasteiger partial charge in [-0.25, -0.2) is 0 Å². The molecule has 1 aliphatic rings. The SMILES string of the molecule is CC(C)n1ccc(CC2(CN)CCc3ccccc32)n1. The van der Waals surface area contributed by atoms with Crippen molar-refractivity contribution in [2.75, 3.05) is 6.54 Å². The third-order valence-corrected chi connectivity index (χ3v) is 4.56. The predicted octanol–water partition coefficient (Wildman–Crippen LogP) is 2.85. The van der Waals surface area contributed by atoms with Gasteiger partial charge in [0.15, 0.2) is 0 Å². The van der Waals surface area contributed by atoms with Crippen molar-refractivity contribution in [2.24, 2.45) is 5.73 Å². The molecule has 0 aliphatic heterocycles. The van der Waals surface area contributed by atoms with Crippen LogP contribution in [0.5, 0.6) is 0 Å². The van der Waals surface area contributed by atoms with E-state index in [2.05, 4.69) is 50.4 Å². The van der Waals surface area contributed by atoms with Crippen molar-refractivity contribution in [2.45, 2.75) is 44.6 Å². The summed E-state index contributed by atoms with van der Waals surface area (Å²) in [5, 5.41) is 4.70. The number of nitrogens with two attached hydrogens (primary N) is 1. The summed E-state index contributed by atoms with van der Waals surface area (Å²) in [6, 6.07) is 11.3. The van der Waals surface area contributed by atoms with Gasteiger partial charge in [0.05, 0.1) is 5.69 Å². The Bertz CT molecular complexity index is 600. The smallest absolute Gasteiger partial charge is 0.0634 e. The molecule has 1 unspecified atom stereocenters. The van der Waals surface area contributed by atoms with Crippen LogP contribution in [0.2, 0.25) is 0 Å². The fourth-order valence-corrected chi connectivity index (χ4v) is 3.34. The number of aromatic nitrogens is 2. The van der Waals surface area contributed by atoms with E-state index in [1.54, 1.807) is 0 Å². The zero-order valence-electron chi connectivity index (χ0n) is 12.3. The molecule has 1 heterocycles. The molecule has 3 nitrogen and oxygen atoms in total. The molecule has 1 aliphatic carbocycles. The molecular weight excluding hydrogens is 246 g/mol. The average molecular weight is 269 g/mol. The fraction of sp³-hybridized carbons (Fsp3) is 0.471. The Labute approximate surface area is 120 Å². The molecule has 0 fully saturated rings. The van der Waals surface area contributed by atoms with Gasteiger partial charge in [0.2, 0.25) is 0 Å². The Morgan fingerprint density at radius 3 is 2.80 bits per heavy atom. The van der Waals surface area contributed by atoms with Crippen molar-refractivity contribution in [3.63, 3.8) is 0 Å². The predicted molar refractivity (Wildman–Crippen MR) is 81.8 cm³/mol. The van der Waals surface area contributed by atoms with Gasteiger partial charge in [0.1, 0.15) is 0 Å². The van der Waals surface area contributed by atoms with Crippen LogP contribution < -0.4 is 5.73 Å². The van der Waals surface area contributed by atoms with Crippen LogP contribution in [0.1, 0.15) is 43.1 Å². The lowest BCUT2D eigenvalue weighted by Gasteiger charge is -2.28. The average Bonchev–Trinajstić information content (AvgIpc) is 3.06. The first-order chi connectivity index (χ1) is 9.64. The van der Waals surface area contributed by atoms with E-state index in [-0.39, 0.29) is 5.41 Å². The molecule has 1 aromatic carbocycles. The van der Waals surface area contributed by atoms with Gasteiger partial charge in [0, 0.05) is 30.6 Å². The normalized spacial score (nSPS) is 21.4. The highest BCUT2D eigenvalue weighted by molar-refractivity contribution is 5.40. The number of nitrogens with zero attached hydrogens (tertiary/aromatic N) is 2. The van der Waals surface area contributed by atoms with Crippen LogP contribution in [0, 0.1) is 0 Å². The summed E-state index contributed by atoms with van der Waals surface area (Å²) in [5.41, 5.74) is 10.3. The highest BCUT2D eigenvalue weighted by Crippen LogP contribution is 2.40. The van der Waals surface area contributed by atoms with Gasteiger partial charge in [-0.15, -0.1) is 0 Å². The van der Waals surface area contributed by atoms with E-state index in [9.17, 15) is 0 Å². The molecule has 1 atom stereocenters. The Hall–Kier alpha value is -1.61. The summed E-state index contributed by atoms with van der Waals surface area (Å²) in [6.45, 7) is 5.00. The van der Waals surface area contributed by atoms with Crippen molar-refractivity contribution in [3.05, 3.63) is 53.3 Å². The summed E-state index contributed by atoms with van der Waals surface area (Å²) in [7, 11) is 0. The summed E-state index contributed by atoms with van der Waals surface area (Å²) in [6.07, 6.45) is 5.29. The van der Waals surface area contributed by atoms with Crippen LogP contribution in [-0.2, 0) is 18.3 Å². The first kappa shape index (κ1) is 13.4. The lowest BCUT2D eigenvalue weighted by molar-refractivity contribution is 0.421. The molecule has 20 heavy (non-hydrogen) atoms. The quantitative estimate of drug-likeness (QED) is 0.927. The molecule has 0 radical (unpaired) electrons. The van der Waals surface area contributed by atoms with Crippen LogP contribution in [0.4, 0.5) is 0 Å². The van der Waals surface area contributed by atoms with Gasteiger partial charge < -0.3 is 5.73 Å². The minimum absolute atomic E-state index is 0.0761. The van der Waals surface area contributed by atoms with Gasteiger partial charge >= 0.3 is 0 Å². The van der Waals surface area contributed by atoms with Crippen LogP contribution in [-0.4, -0.2) is 16.3 Å². The van der Waals surface area contributed by atoms with Crippen LogP contribution in [0.25, 0.3) is 0 Å². The van der Waals surface area contributed by atoms with E-state index >= 15 is 0 Å². The molecule has 3 heteroatoms. The largest absolute Gasteiger partial charge is 0.330 e. The first-order valence-electron chi connectivity index (χ1n) is 7.47. The highest BCUT2D eigenvalue weighted by atomic mass is 15.3. The second kappa shape index (κ2) is 5.06. The molecule has 0 amide bonds. The third kappa shape index (κ3) is 2.16. The van der Waals surface area contributed by atoms with Gasteiger partial charge in [0.25, 0.3) is 0 Å². The van der Waals surface area contributed by atoms with Gasteiger partial charge in [-0.1, -0.05) is 24.3 Å². The molecule has 2 N–H and O–H groups in total. The maximum atomic E-state index is 6.16. The topological polar surface area (TPSA) is 43.8 Å². The second-order valence-corrected chi connectivity index (χ2v) is 6.20.